The lowest BCUT2D eigenvalue weighted by molar-refractivity contribution is -0.137. The predicted octanol–water partition coefficient (Wildman–Crippen LogP) is 2.52. The summed E-state index contributed by atoms with van der Waals surface area (Å²) in [6.07, 6.45) is -0.0209. The van der Waals surface area contributed by atoms with E-state index in [4.69, 9.17) is 5.11 Å². The zero-order valence-corrected chi connectivity index (χ0v) is 9.10. The fraction of sp³-hybridized carbons (Fsp3) is 0.364. The average molecular weight is 248 g/mol. The van der Waals surface area contributed by atoms with Crippen molar-refractivity contribution in [2.24, 2.45) is 0 Å². The molecule has 0 aliphatic carbocycles. The fourth-order valence-electron chi connectivity index (χ4n) is 1.42. The highest BCUT2D eigenvalue weighted by Gasteiger charge is 2.19. The van der Waals surface area contributed by atoms with Gasteiger partial charge in [0.15, 0.2) is 17.4 Å². The van der Waals surface area contributed by atoms with Gasteiger partial charge in [-0.1, -0.05) is 0 Å². The van der Waals surface area contributed by atoms with E-state index in [2.05, 4.69) is 4.74 Å². The van der Waals surface area contributed by atoms with Crippen molar-refractivity contribution in [1.82, 2.24) is 0 Å². The van der Waals surface area contributed by atoms with Gasteiger partial charge in [-0.2, -0.15) is 4.39 Å². The lowest BCUT2D eigenvalue weighted by Crippen LogP contribution is -2.03. The Morgan fingerprint density at radius 1 is 1.35 bits per heavy atom. The van der Waals surface area contributed by atoms with Crippen LogP contribution in [0.5, 0.6) is 5.75 Å². The maximum Gasteiger partial charge on any atom is 0.303 e. The van der Waals surface area contributed by atoms with E-state index in [1.165, 1.54) is 0 Å². The maximum absolute atomic E-state index is 13.6. The highest BCUT2D eigenvalue weighted by atomic mass is 19.2. The summed E-state index contributed by atoms with van der Waals surface area (Å²) in [5.41, 5.74) is -0.0954. The minimum absolute atomic E-state index is 0.00565. The third kappa shape index (κ3) is 3.12. The quantitative estimate of drug-likeness (QED) is 0.814. The molecular formula is C11H11F3O3. The molecule has 0 aromatic heterocycles. The number of aliphatic carboxylic acids is 1. The number of carbonyl (C=O) groups is 1. The first-order chi connectivity index (χ1) is 7.97. The Morgan fingerprint density at radius 2 is 2.00 bits per heavy atom. The summed E-state index contributed by atoms with van der Waals surface area (Å²) >= 11 is 0. The normalized spacial score (nSPS) is 10.4. The topological polar surface area (TPSA) is 46.5 Å². The van der Waals surface area contributed by atoms with Crippen molar-refractivity contribution in [3.05, 3.63) is 29.1 Å². The van der Waals surface area contributed by atoms with Crippen molar-refractivity contribution in [3.8, 4) is 5.75 Å². The van der Waals surface area contributed by atoms with Crippen LogP contribution in [0, 0.1) is 17.5 Å². The number of rotatable bonds is 5. The summed E-state index contributed by atoms with van der Waals surface area (Å²) in [5.74, 6) is -5.40. The molecule has 1 aromatic carbocycles. The molecule has 1 N–H and O–H groups in total. The van der Waals surface area contributed by atoms with Gasteiger partial charge >= 0.3 is 5.97 Å². The number of carboxylic acids is 1. The summed E-state index contributed by atoms with van der Waals surface area (Å²) in [5, 5.41) is 8.41. The number of carboxylic acid groups (broad SMARTS) is 1. The third-order valence-corrected chi connectivity index (χ3v) is 2.23. The van der Waals surface area contributed by atoms with Crippen LogP contribution in [-0.4, -0.2) is 18.2 Å². The minimum Gasteiger partial charge on any atom is -0.491 e. The summed E-state index contributed by atoms with van der Waals surface area (Å²) in [4.78, 5) is 10.3. The fourth-order valence-corrected chi connectivity index (χ4v) is 1.42. The molecule has 0 aliphatic heterocycles. The van der Waals surface area contributed by atoms with Gasteiger partial charge in [0, 0.05) is 6.42 Å². The van der Waals surface area contributed by atoms with E-state index in [0.717, 1.165) is 13.2 Å². The number of hydrogen-bond acceptors (Lipinski definition) is 2. The van der Waals surface area contributed by atoms with Crippen LogP contribution in [0.25, 0.3) is 0 Å². The first-order valence-corrected chi connectivity index (χ1v) is 4.89. The molecule has 0 unspecified atom stereocenters. The molecule has 0 heterocycles. The van der Waals surface area contributed by atoms with Gasteiger partial charge in [-0.05, 0) is 24.5 Å². The third-order valence-electron chi connectivity index (χ3n) is 2.23. The molecule has 3 nitrogen and oxygen atoms in total. The van der Waals surface area contributed by atoms with Crippen molar-refractivity contribution in [1.29, 1.82) is 0 Å². The molecule has 94 valence electrons. The predicted molar refractivity (Wildman–Crippen MR) is 53.4 cm³/mol. The van der Waals surface area contributed by atoms with Crippen LogP contribution in [0.4, 0.5) is 13.2 Å². The second-order valence-electron chi connectivity index (χ2n) is 3.43. The van der Waals surface area contributed by atoms with Gasteiger partial charge < -0.3 is 9.84 Å². The van der Waals surface area contributed by atoms with Gasteiger partial charge in [-0.25, -0.2) is 8.78 Å². The lowest BCUT2D eigenvalue weighted by atomic mass is 10.1. The van der Waals surface area contributed by atoms with Crippen LogP contribution in [0.2, 0.25) is 0 Å². The van der Waals surface area contributed by atoms with Gasteiger partial charge in [-0.15, -0.1) is 0 Å². The number of hydrogen-bond donors (Lipinski definition) is 1. The minimum atomic E-state index is -1.38. The Morgan fingerprint density at radius 3 is 2.53 bits per heavy atom. The molecule has 0 amide bonds. The zero-order chi connectivity index (χ0) is 13.0. The van der Waals surface area contributed by atoms with Gasteiger partial charge in [0.1, 0.15) is 0 Å². The number of aryl methyl sites for hydroxylation is 1. The molecule has 0 spiro atoms. The van der Waals surface area contributed by atoms with E-state index in [-0.39, 0.29) is 24.8 Å². The molecule has 1 aromatic rings. The molecule has 0 bridgehead atoms. The maximum atomic E-state index is 13.6. The standard InChI is InChI=1S/C11H11F3O3/c1-17-11-9(13)6(3-2-4-8(15)16)5-7(12)10(11)14/h5H,2-4H2,1H3,(H,15,16). The molecule has 0 saturated carbocycles. The van der Waals surface area contributed by atoms with Crippen molar-refractivity contribution in [2.45, 2.75) is 19.3 Å². The average Bonchev–Trinajstić information content (AvgIpc) is 2.26. The molecule has 1 rings (SSSR count). The SMILES string of the molecule is COc1c(F)c(F)cc(CCCC(=O)O)c1F. The Balaban J connectivity index is 2.93. The first-order valence-electron chi connectivity index (χ1n) is 4.89. The number of benzene rings is 1. The van der Waals surface area contributed by atoms with Crippen LogP contribution in [0.15, 0.2) is 6.07 Å². The molecule has 0 saturated heterocycles. The molecule has 6 heteroatoms. The van der Waals surface area contributed by atoms with E-state index < -0.39 is 29.2 Å². The van der Waals surface area contributed by atoms with Crippen molar-refractivity contribution >= 4 is 5.97 Å². The highest BCUT2D eigenvalue weighted by Crippen LogP contribution is 2.27. The molecule has 0 radical (unpaired) electrons. The summed E-state index contributed by atoms with van der Waals surface area (Å²) in [6, 6.07) is 0.717. The number of ether oxygens (including phenoxy) is 1. The molecule has 0 fully saturated rings. The van der Waals surface area contributed by atoms with Gasteiger partial charge in [0.2, 0.25) is 5.82 Å². The van der Waals surface area contributed by atoms with Gasteiger partial charge in [0.25, 0.3) is 0 Å². The summed E-state index contributed by atoms with van der Waals surface area (Å²) in [6.45, 7) is 0. The van der Waals surface area contributed by atoms with E-state index in [9.17, 15) is 18.0 Å². The van der Waals surface area contributed by atoms with Gasteiger partial charge in [-0.3, -0.25) is 4.79 Å². The monoisotopic (exact) mass is 248 g/mol. The number of halogens is 3. The molecule has 0 aliphatic rings. The van der Waals surface area contributed by atoms with E-state index in [0.29, 0.717) is 0 Å². The largest absolute Gasteiger partial charge is 0.491 e. The number of methoxy groups -OCH3 is 1. The second-order valence-corrected chi connectivity index (χ2v) is 3.43. The van der Waals surface area contributed by atoms with Crippen molar-refractivity contribution in [3.63, 3.8) is 0 Å². The van der Waals surface area contributed by atoms with E-state index >= 15 is 0 Å². The Labute approximate surface area is 95.8 Å². The van der Waals surface area contributed by atoms with Crippen LogP contribution in [-0.2, 0) is 11.2 Å². The summed E-state index contributed by atoms with van der Waals surface area (Å²) < 4.78 is 44.1. The lowest BCUT2D eigenvalue weighted by Gasteiger charge is -2.09. The molecule has 17 heavy (non-hydrogen) atoms. The van der Waals surface area contributed by atoms with Crippen LogP contribution >= 0.6 is 0 Å². The molecular weight excluding hydrogens is 237 g/mol. The van der Waals surface area contributed by atoms with E-state index in [1.54, 1.807) is 0 Å². The Hall–Kier alpha value is -1.72. The van der Waals surface area contributed by atoms with Gasteiger partial charge in [0.05, 0.1) is 7.11 Å². The highest BCUT2D eigenvalue weighted by molar-refractivity contribution is 5.66. The van der Waals surface area contributed by atoms with Crippen LogP contribution < -0.4 is 4.74 Å². The van der Waals surface area contributed by atoms with Crippen molar-refractivity contribution in [2.75, 3.05) is 7.11 Å². The summed E-state index contributed by atoms with van der Waals surface area (Å²) in [7, 11) is 1.03. The second kappa shape index (κ2) is 5.56. The Kier molecular flexibility index (Phi) is 4.37. The Bertz CT molecular complexity index is 432. The smallest absolute Gasteiger partial charge is 0.303 e. The first kappa shape index (κ1) is 13.3. The van der Waals surface area contributed by atoms with Crippen LogP contribution in [0.3, 0.4) is 0 Å². The molecule has 0 atom stereocenters. The van der Waals surface area contributed by atoms with Crippen LogP contribution in [0.1, 0.15) is 18.4 Å². The van der Waals surface area contributed by atoms with Crippen molar-refractivity contribution < 1.29 is 27.8 Å². The zero-order valence-electron chi connectivity index (χ0n) is 9.10. The van der Waals surface area contributed by atoms with E-state index in [1.807, 2.05) is 0 Å².